The number of hydrogen-bond acceptors (Lipinski definition) is 3. The molecule has 32 heavy (non-hydrogen) atoms. The predicted octanol–water partition coefficient (Wildman–Crippen LogP) is 4.52. The second-order valence-corrected chi connectivity index (χ2v) is 8.37. The Morgan fingerprint density at radius 1 is 1.09 bits per heavy atom. The van der Waals surface area contributed by atoms with Crippen LogP contribution < -0.4 is 5.32 Å². The summed E-state index contributed by atoms with van der Waals surface area (Å²) in [4.78, 5) is 32.2. The largest absolute Gasteiger partial charge is 0.335 e. The highest BCUT2D eigenvalue weighted by atomic mass is 35.5. The van der Waals surface area contributed by atoms with E-state index in [1.165, 1.54) is 6.08 Å². The van der Waals surface area contributed by atoms with Gasteiger partial charge in [-0.1, -0.05) is 83.9 Å². The number of nitrogens with one attached hydrogen (secondary N) is 1. The van der Waals surface area contributed by atoms with Gasteiger partial charge in [-0.2, -0.15) is 0 Å². The highest BCUT2D eigenvalue weighted by Crippen LogP contribution is 2.27. The van der Waals surface area contributed by atoms with Crippen LogP contribution in [0.5, 0.6) is 0 Å². The van der Waals surface area contributed by atoms with Gasteiger partial charge in [0.2, 0.25) is 12.1 Å². The van der Waals surface area contributed by atoms with Crippen LogP contribution in [0.1, 0.15) is 11.1 Å². The van der Waals surface area contributed by atoms with Crippen LogP contribution in [0.3, 0.4) is 0 Å². The van der Waals surface area contributed by atoms with Gasteiger partial charge in [0.15, 0.2) is 0 Å². The third kappa shape index (κ3) is 4.69. The van der Waals surface area contributed by atoms with Crippen LogP contribution in [-0.2, 0) is 9.59 Å². The Kier molecular flexibility index (Phi) is 6.58. The molecule has 0 spiro atoms. The zero-order valence-corrected chi connectivity index (χ0v) is 18.8. The van der Waals surface area contributed by atoms with E-state index in [0.717, 1.165) is 11.3 Å². The summed E-state index contributed by atoms with van der Waals surface area (Å²) in [7, 11) is 1.73. The Hall–Kier alpha value is -3.15. The molecule has 0 aromatic heterocycles. The van der Waals surface area contributed by atoms with Gasteiger partial charge in [0, 0.05) is 29.1 Å². The van der Waals surface area contributed by atoms with E-state index in [1.54, 1.807) is 36.2 Å². The van der Waals surface area contributed by atoms with Crippen molar-refractivity contribution < 1.29 is 9.59 Å². The third-order valence-electron chi connectivity index (χ3n) is 5.44. The second kappa shape index (κ2) is 9.55. The number of likely N-dealkylation sites (N-methyl/N-ethyl adjacent to an activating group) is 1. The lowest BCUT2D eigenvalue weighted by molar-refractivity contribution is -0.135. The number of halogens is 2. The summed E-state index contributed by atoms with van der Waals surface area (Å²) in [6.07, 6.45) is 9.76. The summed E-state index contributed by atoms with van der Waals surface area (Å²) in [5, 5.41) is 3.67. The maximum absolute atomic E-state index is 13.2. The van der Waals surface area contributed by atoms with Gasteiger partial charge in [-0.3, -0.25) is 14.6 Å². The molecule has 2 aliphatic rings. The Labute approximate surface area is 196 Å². The first-order valence-corrected chi connectivity index (χ1v) is 10.9. The van der Waals surface area contributed by atoms with Gasteiger partial charge in [0.1, 0.15) is 0 Å². The Morgan fingerprint density at radius 2 is 1.84 bits per heavy atom. The Bertz CT molecular complexity index is 1160. The van der Waals surface area contributed by atoms with E-state index in [0.29, 0.717) is 15.6 Å². The Balaban J connectivity index is 1.63. The molecular formula is C25H21Cl2N3O2. The minimum absolute atomic E-state index is 0.110. The monoisotopic (exact) mass is 465 g/mol. The average Bonchev–Trinajstić information content (AvgIpc) is 2.90. The van der Waals surface area contributed by atoms with Crippen LogP contribution in [-0.4, -0.2) is 41.7 Å². The molecule has 7 heteroatoms. The maximum Gasteiger partial charge on any atom is 0.268 e. The molecule has 0 saturated carbocycles. The summed E-state index contributed by atoms with van der Waals surface area (Å²) < 4.78 is 0. The van der Waals surface area contributed by atoms with Gasteiger partial charge in [-0.05, 0) is 29.3 Å². The highest BCUT2D eigenvalue weighted by Gasteiger charge is 2.37. The molecule has 162 valence electrons. The van der Waals surface area contributed by atoms with E-state index >= 15 is 0 Å². The van der Waals surface area contributed by atoms with Crippen molar-refractivity contribution in [3.05, 3.63) is 100 Å². The van der Waals surface area contributed by atoms with Crippen LogP contribution in [0.2, 0.25) is 10.0 Å². The molecule has 2 amide bonds. The number of nitrogens with zero attached hydrogens (tertiary/aromatic N) is 2. The highest BCUT2D eigenvalue weighted by molar-refractivity contribution is 6.35. The van der Waals surface area contributed by atoms with Crippen molar-refractivity contribution in [1.29, 1.82) is 0 Å². The van der Waals surface area contributed by atoms with Gasteiger partial charge >= 0.3 is 0 Å². The number of aliphatic imine (C=N–C) groups is 1. The maximum atomic E-state index is 13.2. The van der Waals surface area contributed by atoms with E-state index < -0.39 is 12.1 Å². The molecule has 0 bridgehead atoms. The molecule has 1 aliphatic heterocycles. The lowest BCUT2D eigenvalue weighted by atomic mass is 9.86. The molecule has 0 saturated heterocycles. The summed E-state index contributed by atoms with van der Waals surface area (Å²) >= 11 is 12.1. The standard InChI is InChI=1S/C25H21Cl2N3O2/c1-30-21-10-6-5-9-19(21)23(17-7-3-2-4-8-17)29-24(25(30)32)28-22(31)14-12-16-11-13-18(26)15-20(16)27/h2-15,19,21,24H,1H3,(H,28,31)/b14-12+/t19?,21?,24-/m1/s1. The molecule has 1 heterocycles. The van der Waals surface area contributed by atoms with Crippen LogP contribution in [0.25, 0.3) is 6.08 Å². The molecule has 2 unspecified atom stereocenters. The number of carbonyl (C=O) groups is 2. The second-order valence-electron chi connectivity index (χ2n) is 7.53. The number of rotatable bonds is 4. The number of allylic oxidation sites excluding steroid dienone is 2. The lowest BCUT2D eigenvalue weighted by Crippen LogP contribution is -2.48. The molecule has 0 fully saturated rings. The fraction of sp³-hybridized carbons (Fsp3) is 0.160. The summed E-state index contributed by atoms with van der Waals surface area (Å²) in [6, 6.07) is 14.5. The molecule has 4 rings (SSSR count). The van der Waals surface area contributed by atoms with E-state index in [2.05, 4.69) is 5.32 Å². The van der Waals surface area contributed by atoms with Gasteiger partial charge in [0.05, 0.1) is 11.8 Å². The van der Waals surface area contributed by atoms with Gasteiger partial charge in [-0.15, -0.1) is 0 Å². The first-order valence-electron chi connectivity index (χ1n) is 10.1. The molecule has 3 atom stereocenters. The van der Waals surface area contributed by atoms with Crippen LogP contribution in [0, 0.1) is 5.92 Å². The molecular weight excluding hydrogens is 445 g/mol. The zero-order chi connectivity index (χ0) is 22.7. The smallest absolute Gasteiger partial charge is 0.268 e. The van der Waals surface area contributed by atoms with Crippen LogP contribution >= 0.6 is 23.2 Å². The average molecular weight is 466 g/mol. The predicted molar refractivity (Wildman–Crippen MR) is 129 cm³/mol. The van der Waals surface area contributed by atoms with Gasteiger partial charge < -0.3 is 10.2 Å². The van der Waals surface area contributed by atoms with E-state index in [1.807, 2.05) is 54.6 Å². The van der Waals surface area contributed by atoms with Crippen molar-refractivity contribution in [1.82, 2.24) is 10.2 Å². The normalized spacial score (nSPS) is 22.5. The summed E-state index contributed by atoms with van der Waals surface area (Å²) in [6.45, 7) is 0. The van der Waals surface area contributed by atoms with Crippen molar-refractivity contribution in [3.63, 3.8) is 0 Å². The molecule has 2 aromatic rings. The summed E-state index contributed by atoms with van der Waals surface area (Å²) in [5.74, 6) is -0.839. The minimum Gasteiger partial charge on any atom is -0.335 e. The van der Waals surface area contributed by atoms with Gasteiger partial charge in [0.25, 0.3) is 5.91 Å². The molecule has 0 radical (unpaired) electrons. The van der Waals surface area contributed by atoms with Crippen molar-refractivity contribution in [2.24, 2.45) is 10.9 Å². The van der Waals surface area contributed by atoms with Crippen molar-refractivity contribution in [2.45, 2.75) is 12.2 Å². The van der Waals surface area contributed by atoms with E-state index in [-0.39, 0.29) is 17.9 Å². The number of carbonyl (C=O) groups excluding carboxylic acids is 2. The fourth-order valence-corrected chi connectivity index (χ4v) is 4.26. The number of hydrogen-bond donors (Lipinski definition) is 1. The zero-order valence-electron chi connectivity index (χ0n) is 17.3. The lowest BCUT2D eigenvalue weighted by Gasteiger charge is -2.31. The fourth-order valence-electron chi connectivity index (χ4n) is 3.79. The van der Waals surface area contributed by atoms with E-state index in [9.17, 15) is 9.59 Å². The Morgan fingerprint density at radius 3 is 2.59 bits per heavy atom. The minimum atomic E-state index is -1.04. The van der Waals surface area contributed by atoms with Crippen molar-refractivity contribution in [3.8, 4) is 0 Å². The summed E-state index contributed by atoms with van der Waals surface area (Å²) in [5.41, 5.74) is 2.31. The van der Waals surface area contributed by atoms with Crippen LogP contribution in [0.4, 0.5) is 0 Å². The van der Waals surface area contributed by atoms with E-state index in [4.69, 9.17) is 28.2 Å². The third-order valence-corrected chi connectivity index (χ3v) is 6.01. The first-order chi connectivity index (χ1) is 15.4. The van der Waals surface area contributed by atoms with Crippen molar-refractivity contribution >= 4 is 46.8 Å². The quantitative estimate of drug-likeness (QED) is 0.674. The topological polar surface area (TPSA) is 61.8 Å². The molecule has 5 nitrogen and oxygen atoms in total. The number of benzene rings is 2. The van der Waals surface area contributed by atoms with Gasteiger partial charge in [-0.25, -0.2) is 0 Å². The molecule has 2 aromatic carbocycles. The molecule has 1 N–H and O–H groups in total. The first kappa shape index (κ1) is 22.1. The van der Waals surface area contributed by atoms with Crippen molar-refractivity contribution in [2.75, 3.05) is 7.05 Å². The SMILES string of the molecule is CN1C(=O)[C@H](NC(=O)/C=C/c2ccc(Cl)cc2Cl)N=C(c2ccccc2)C2C=CC=CC21. The number of fused-ring (bicyclic) bond motifs is 1. The molecule has 1 aliphatic carbocycles. The van der Waals surface area contributed by atoms with Crippen LogP contribution in [0.15, 0.2) is 83.9 Å². The number of amides is 2.